The van der Waals surface area contributed by atoms with Gasteiger partial charge in [0, 0.05) is 31.5 Å². The standard InChI is InChI=1S/C14H16N8O3/c1-8-2-10(25-20-8)3-9-4-21(5-11(9)23)13(24)12-17-14(19-18-12)22-6-15-16-7-22/h2,6-7,9,11,23H,3-5H2,1H3,(H,17,18,19)/t9-,11+/m1/s1. The number of aromatic nitrogens is 7. The molecular weight excluding hydrogens is 328 g/mol. The van der Waals surface area contributed by atoms with Gasteiger partial charge in [-0.3, -0.25) is 14.5 Å². The van der Waals surface area contributed by atoms with Gasteiger partial charge in [-0.05, 0) is 6.92 Å². The topological polar surface area (TPSA) is 139 Å². The normalized spacial score (nSPS) is 20.3. The summed E-state index contributed by atoms with van der Waals surface area (Å²) in [6, 6.07) is 1.83. The van der Waals surface area contributed by atoms with Crippen LogP contribution in [-0.4, -0.2) is 70.2 Å². The molecule has 0 bridgehead atoms. The van der Waals surface area contributed by atoms with Crippen LogP contribution in [0.1, 0.15) is 22.1 Å². The number of likely N-dealkylation sites (tertiary alicyclic amines) is 1. The highest BCUT2D eigenvalue weighted by atomic mass is 16.5. The third kappa shape index (κ3) is 3.01. The fraction of sp³-hybridized carbons (Fsp3) is 0.429. The maximum absolute atomic E-state index is 12.6. The molecule has 0 spiro atoms. The van der Waals surface area contributed by atoms with Gasteiger partial charge in [-0.2, -0.15) is 4.98 Å². The van der Waals surface area contributed by atoms with Crippen molar-refractivity contribution in [1.29, 1.82) is 0 Å². The van der Waals surface area contributed by atoms with Crippen molar-refractivity contribution in [3.63, 3.8) is 0 Å². The highest BCUT2D eigenvalue weighted by molar-refractivity contribution is 5.90. The van der Waals surface area contributed by atoms with Crippen LogP contribution in [0, 0.1) is 12.8 Å². The van der Waals surface area contributed by atoms with Gasteiger partial charge in [0.15, 0.2) is 0 Å². The van der Waals surface area contributed by atoms with E-state index in [2.05, 4.69) is 30.5 Å². The Morgan fingerprint density at radius 3 is 2.92 bits per heavy atom. The Labute approximate surface area is 141 Å². The molecule has 0 saturated carbocycles. The molecule has 130 valence electrons. The first kappa shape index (κ1) is 15.4. The SMILES string of the molecule is Cc1cc(C[C@@H]2CN(C(=O)c3nc(-n4cnnc4)n[nH]3)C[C@@H]2O)on1. The molecule has 1 aliphatic heterocycles. The summed E-state index contributed by atoms with van der Waals surface area (Å²) in [5, 5.41) is 28.0. The van der Waals surface area contributed by atoms with E-state index in [1.165, 1.54) is 17.2 Å². The van der Waals surface area contributed by atoms with Crippen LogP contribution < -0.4 is 0 Å². The van der Waals surface area contributed by atoms with Crippen LogP contribution in [0.25, 0.3) is 5.95 Å². The van der Waals surface area contributed by atoms with Crippen LogP contribution in [-0.2, 0) is 6.42 Å². The lowest BCUT2D eigenvalue weighted by atomic mass is 10.0. The molecule has 11 heteroatoms. The maximum Gasteiger partial charge on any atom is 0.291 e. The molecule has 4 rings (SSSR count). The van der Waals surface area contributed by atoms with Crippen LogP contribution in [0.4, 0.5) is 0 Å². The second-order valence-electron chi connectivity index (χ2n) is 6.03. The molecular formula is C14H16N8O3. The van der Waals surface area contributed by atoms with Gasteiger partial charge in [0.05, 0.1) is 11.8 Å². The van der Waals surface area contributed by atoms with E-state index in [0.717, 1.165) is 5.69 Å². The first-order valence-electron chi connectivity index (χ1n) is 7.77. The molecule has 0 aliphatic carbocycles. The van der Waals surface area contributed by atoms with Crippen molar-refractivity contribution in [2.75, 3.05) is 13.1 Å². The van der Waals surface area contributed by atoms with Crippen molar-refractivity contribution >= 4 is 5.91 Å². The number of amides is 1. The van der Waals surface area contributed by atoms with Crippen LogP contribution in [0.2, 0.25) is 0 Å². The second kappa shape index (κ2) is 6.09. The number of hydrogen-bond acceptors (Lipinski definition) is 8. The molecule has 0 radical (unpaired) electrons. The summed E-state index contributed by atoms with van der Waals surface area (Å²) in [6.45, 7) is 2.48. The number of nitrogens with one attached hydrogen (secondary N) is 1. The molecule has 25 heavy (non-hydrogen) atoms. The Hall–Kier alpha value is -3.08. The van der Waals surface area contributed by atoms with Crippen LogP contribution in [0.15, 0.2) is 23.2 Å². The lowest BCUT2D eigenvalue weighted by Gasteiger charge is -2.13. The Morgan fingerprint density at radius 2 is 2.20 bits per heavy atom. The van der Waals surface area contributed by atoms with Crippen molar-refractivity contribution in [2.24, 2.45) is 5.92 Å². The number of H-pyrrole nitrogens is 1. The van der Waals surface area contributed by atoms with E-state index in [9.17, 15) is 9.90 Å². The first-order chi connectivity index (χ1) is 12.1. The molecule has 3 aromatic rings. The summed E-state index contributed by atoms with van der Waals surface area (Å²) in [5.74, 6) is 0.651. The van der Waals surface area contributed by atoms with Gasteiger partial charge in [-0.15, -0.1) is 15.3 Å². The van der Waals surface area contributed by atoms with E-state index in [-0.39, 0.29) is 30.1 Å². The summed E-state index contributed by atoms with van der Waals surface area (Å²) in [4.78, 5) is 18.3. The monoisotopic (exact) mass is 344 g/mol. The van der Waals surface area contributed by atoms with Gasteiger partial charge in [0.1, 0.15) is 18.4 Å². The molecule has 11 nitrogen and oxygen atoms in total. The van der Waals surface area contributed by atoms with E-state index in [1.807, 2.05) is 13.0 Å². The van der Waals surface area contributed by atoms with Gasteiger partial charge in [0.25, 0.3) is 11.9 Å². The minimum absolute atomic E-state index is 0.104. The number of carbonyl (C=O) groups is 1. The Kier molecular flexibility index (Phi) is 3.76. The third-order valence-electron chi connectivity index (χ3n) is 4.16. The molecule has 3 aromatic heterocycles. The summed E-state index contributed by atoms with van der Waals surface area (Å²) >= 11 is 0. The van der Waals surface area contributed by atoms with Gasteiger partial charge in [-0.1, -0.05) is 5.16 Å². The number of aromatic amines is 1. The summed E-state index contributed by atoms with van der Waals surface area (Å²) in [7, 11) is 0. The lowest BCUT2D eigenvalue weighted by Crippen LogP contribution is -2.30. The van der Waals surface area contributed by atoms with Gasteiger partial charge >= 0.3 is 0 Å². The van der Waals surface area contributed by atoms with Crippen LogP contribution in [0.5, 0.6) is 0 Å². The minimum atomic E-state index is -0.630. The van der Waals surface area contributed by atoms with E-state index < -0.39 is 6.10 Å². The first-order valence-corrected chi connectivity index (χ1v) is 7.77. The Balaban J connectivity index is 1.44. The molecule has 0 aromatic carbocycles. The zero-order chi connectivity index (χ0) is 17.4. The molecule has 1 fully saturated rings. The number of carbonyl (C=O) groups excluding carboxylic acids is 1. The van der Waals surface area contributed by atoms with E-state index in [0.29, 0.717) is 18.7 Å². The van der Waals surface area contributed by atoms with Gasteiger partial charge in [-0.25, -0.2) is 0 Å². The van der Waals surface area contributed by atoms with E-state index in [1.54, 1.807) is 4.90 Å². The second-order valence-corrected chi connectivity index (χ2v) is 6.03. The Bertz CT molecular complexity index is 870. The number of aliphatic hydroxyl groups excluding tert-OH is 1. The van der Waals surface area contributed by atoms with Crippen LogP contribution in [0.3, 0.4) is 0 Å². The molecule has 4 heterocycles. The van der Waals surface area contributed by atoms with Gasteiger partial charge < -0.3 is 14.5 Å². The molecule has 0 unspecified atom stereocenters. The quantitative estimate of drug-likeness (QED) is 0.637. The van der Waals surface area contributed by atoms with Crippen molar-refractivity contribution < 1.29 is 14.4 Å². The number of β-amino-alcohol motifs (C(OH)–C–C–N with tert-alkyl or cyclic N) is 1. The maximum atomic E-state index is 12.6. The fourth-order valence-corrected chi connectivity index (χ4v) is 2.91. The molecule has 1 saturated heterocycles. The van der Waals surface area contributed by atoms with E-state index in [4.69, 9.17) is 4.52 Å². The largest absolute Gasteiger partial charge is 0.391 e. The third-order valence-corrected chi connectivity index (χ3v) is 4.16. The molecule has 1 amide bonds. The predicted molar refractivity (Wildman–Crippen MR) is 81.6 cm³/mol. The molecule has 2 atom stereocenters. The van der Waals surface area contributed by atoms with Crippen molar-refractivity contribution in [1.82, 2.24) is 40.0 Å². The predicted octanol–water partition coefficient (Wildman–Crippen LogP) is -0.643. The summed E-state index contributed by atoms with van der Waals surface area (Å²) < 4.78 is 6.68. The average Bonchev–Trinajstić information content (AvgIpc) is 3.35. The summed E-state index contributed by atoms with van der Waals surface area (Å²) in [5.41, 5.74) is 0.790. The average molecular weight is 344 g/mol. The number of aryl methyl sites for hydroxylation is 1. The van der Waals surface area contributed by atoms with Crippen molar-refractivity contribution in [3.8, 4) is 5.95 Å². The zero-order valence-electron chi connectivity index (χ0n) is 13.4. The van der Waals surface area contributed by atoms with Gasteiger partial charge in [0.2, 0.25) is 5.82 Å². The van der Waals surface area contributed by atoms with E-state index >= 15 is 0 Å². The Morgan fingerprint density at radius 1 is 1.40 bits per heavy atom. The van der Waals surface area contributed by atoms with Crippen molar-refractivity contribution in [2.45, 2.75) is 19.4 Å². The number of nitrogens with zero attached hydrogens (tertiary/aromatic N) is 7. The zero-order valence-corrected chi connectivity index (χ0v) is 13.4. The number of rotatable bonds is 4. The molecule has 1 aliphatic rings. The number of aliphatic hydroxyl groups is 1. The lowest BCUT2D eigenvalue weighted by molar-refractivity contribution is 0.0753. The molecule has 2 N–H and O–H groups in total. The highest BCUT2D eigenvalue weighted by Crippen LogP contribution is 2.23. The fourth-order valence-electron chi connectivity index (χ4n) is 2.91. The number of hydrogen-bond donors (Lipinski definition) is 2. The highest BCUT2D eigenvalue weighted by Gasteiger charge is 2.36. The minimum Gasteiger partial charge on any atom is -0.391 e. The van der Waals surface area contributed by atoms with Crippen LogP contribution >= 0.6 is 0 Å². The smallest absolute Gasteiger partial charge is 0.291 e. The van der Waals surface area contributed by atoms with Crippen molar-refractivity contribution in [3.05, 3.63) is 36.0 Å². The summed E-state index contributed by atoms with van der Waals surface area (Å²) in [6.07, 6.45) is 2.77.